The van der Waals surface area contributed by atoms with Crippen LogP contribution in [0.3, 0.4) is 0 Å². The minimum absolute atomic E-state index is 0. The summed E-state index contributed by atoms with van der Waals surface area (Å²) >= 11 is 0. The van der Waals surface area contributed by atoms with E-state index in [0.29, 0.717) is 16.9 Å². The van der Waals surface area contributed by atoms with Crippen LogP contribution in [-0.2, 0) is 19.5 Å². The molecule has 9 heteroatoms. The molecule has 0 saturated heterocycles. The SMILES string of the molecule is C1=Cc2nc1c(-c1ccccc1)c1ccc([n-]1)c(-c1ccccc1)c1nc(c(-c3cccc(Op4oc5ccc6ccccc6c5c5c(ccc6ccccc65)o4)c3)c3ccc([n-]3)c2-c2ccccc2)C=C1.[Zn+2]. The van der Waals surface area contributed by atoms with E-state index < -0.39 is 8.24 Å². The molecule has 2 aliphatic heterocycles. The average Bonchev–Trinajstić information content (AvgIpc) is 4.28. The maximum absolute atomic E-state index is 6.83. The van der Waals surface area contributed by atoms with Gasteiger partial charge >= 0.3 is 27.7 Å². The zero-order valence-corrected chi connectivity index (χ0v) is 43.0. The van der Waals surface area contributed by atoms with E-state index in [1.807, 2.05) is 48.5 Å². The Balaban J connectivity index is 0.00000516. The van der Waals surface area contributed by atoms with Crippen LogP contribution < -0.4 is 14.5 Å². The van der Waals surface area contributed by atoms with Gasteiger partial charge in [-0.15, -0.1) is 22.1 Å². The van der Waals surface area contributed by atoms with Crippen molar-refractivity contribution in [2.45, 2.75) is 0 Å². The average molecular weight is 1010 g/mol. The molecular weight excluding hydrogens is 969 g/mol. The third-order valence-electron chi connectivity index (χ3n) is 13.5. The molecule has 14 rings (SSSR count). The van der Waals surface area contributed by atoms with Crippen molar-refractivity contribution in [2.75, 3.05) is 0 Å². The van der Waals surface area contributed by atoms with Gasteiger partial charge in [-0.2, -0.15) is 0 Å². The van der Waals surface area contributed by atoms with E-state index in [2.05, 4.69) is 188 Å². The molecule has 6 heterocycles. The van der Waals surface area contributed by atoms with Gasteiger partial charge in [0.15, 0.2) is 0 Å². The van der Waals surface area contributed by atoms with Gasteiger partial charge in [0, 0.05) is 10.8 Å². The molecule has 8 aromatic carbocycles. The number of fused-ring (bicyclic) bond motifs is 15. The summed E-state index contributed by atoms with van der Waals surface area (Å²) in [6.07, 6.45) is 8.35. The van der Waals surface area contributed by atoms with Crippen molar-refractivity contribution in [1.29, 1.82) is 0 Å². The molecule has 7 nitrogen and oxygen atoms in total. The predicted octanol–water partition coefficient (Wildman–Crippen LogP) is 17.3. The van der Waals surface area contributed by atoms with Crippen LogP contribution in [0, 0.1) is 0 Å². The van der Waals surface area contributed by atoms with Crippen LogP contribution >= 0.6 is 8.24 Å². The van der Waals surface area contributed by atoms with E-state index in [4.69, 9.17) is 32.9 Å². The molecule has 2 aliphatic rings. The molecule has 340 valence electrons. The maximum atomic E-state index is 6.83. The molecule has 0 spiro atoms. The molecule has 0 atom stereocenters. The number of nitrogens with zero attached hydrogens (tertiary/aromatic N) is 4. The molecule has 0 radical (unpaired) electrons. The topological polar surface area (TPSA) is 89.5 Å². The first-order chi connectivity index (χ1) is 35.7. The Labute approximate surface area is 433 Å². The van der Waals surface area contributed by atoms with Crippen molar-refractivity contribution in [3.8, 4) is 50.3 Å². The normalized spacial score (nSPS) is 11.9. The van der Waals surface area contributed by atoms with Crippen molar-refractivity contribution in [3.05, 3.63) is 235 Å². The third kappa shape index (κ3) is 7.89. The summed E-state index contributed by atoms with van der Waals surface area (Å²) in [4.78, 5) is 21.8. The van der Waals surface area contributed by atoms with E-state index in [0.717, 1.165) is 122 Å². The fourth-order valence-electron chi connectivity index (χ4n) is 10.3. The Bertz CT molecular complexity index is 4290. The van der Waals surface area contributed by atoms with Crippen LogP contribution in [0.4, 0.5) is 0 Å². The first-order valence-corrected chi connectivity index (χ1v) is 25.0. The van der Waals surface area contributed by atoms with Crippen LogP contribution in [0.1, 0.15) is 22.8 Å². The van der Waals surface area contributed by atoms with E-state index in [1.165, 1.54) is 0 Å². The Morgan fingerprint density at radius 3 is 1.15 bits per heavy atom. The molecule has 0 amide bonds. The van der Waals surface area contributed by atoms with E-state index >= 15 is 0 Å². The van der Waals surface area contributed by atoms with Crippen LogP contribution in [-0.4, -0.2) is 9.97 Å². The Hall–Kier alpha value is -8.80. The quantitative estimate of drug-likeness (QED) is 0.153. The fraction of sp³-hybridized carbons (Fsp3) is 0. The smallest absolute Gasteiger partial charge is 0.657 e. The molecule has 0 fully saturated rings. The molecule has 73 heavy (non-hydrogen) atoms. The van der Waals surface area contributed by atoms with Gasteiger partial charge in [-0.05, 0) is 115 Å². The minimum atomic E-state index is -1.98. The van der Waals surface area contributed by atoms with Gasteiger partial charge in [0.25, 0.3) is 0 Å². The van der Waals surface area contributed by atoms with Crippen molar-refractivity contribution in [3.63, 3.8) is 0 Å². The van der Waals surface area contributed by atoms with Crippen LogP contribution in [0.5, 0.6) is 5.75 Å². The van der Waals surface area contributed by atoms with Crippen molar-refractivity contribution >= 4 is 98.1 Å². The Morgan fingerprint density at radius 2 is 0.726 bits per heavy atom. The summed E-state index contributed by atoms with van der Waals surface area (Å²) in [6.45, 7) is 0. The van der Waals surface area contributed by atoms with E-state index in [9.17, 15) is 0 Å². The van der Waals surface area contributed by atoms with Gasteiger partial charge in [-0.25, -0.2) is 9.97 Å². The number of benzene rings is 8. The monoisotopic (exact) mass is 1010 g/mol. The summed E-state index contributed by atoms with van der Waals surface area (Å²) < 4.78 is 20.4. The molecule has 0 N–H and O–H groups in total. The molecule has 0 unspecified atom stereocenters. The zero-order chi connectivity index (χ0) is 47.5. The van der Waals surface area contributed by atoms with E-state index in [1.54, 1.807) is 0 Å². The van der Waals surface area contributed by atoms with E-state index in [-0.39, 0.29) is 19.5 Å². The first-order valence-electron chi connectivity index (χ1n) is 23.9. The van der Waals surface area contributed by atoms with Crippen molar-refractivity contribution < 1.29 is 32.4 Å². The van der Waals surface area contributed by atoms with Gasteiger partial charge < -0.3 is 22.9 Å². The fourth-order valence-corrected chi connectivity index (χ4v) is 11.3. The zero-order valence-electron chi connectivity index (χ0n) is 39.2. The number of hydrogen-bond acceptors (Lipinski definition) is 5. The molecule has 0 aliphatic carbocycles. The second-order valence-electron chi connectivity index (χ2n) is 17.8. The van der Waals surface area contributed by atoms with Gasteiger partial charge in [0.1, 0.15) is 16.9 Å². The molecule has 12 aromatic rings. The van der Waals surface area contributed by atoms with Crippen LogP contribution in [0.25, 0.3) is 134 Å². The second kappa shape index (κ2) is 18.4. The third-order valence-corrected chi connectivity index (χ3v) is 14.5. The molecule has 8 bridgehead atoms. The summed E-state index contributed by atoms with van der Waals surface area (Å²) in [5, 5.41) is 6.35. The molecule has 4 aromatic heterocycles. The summed E-state index contributed by atoms with van der Waals surface area (Å²) in [5.41, 5.74) is 15.3. The predicted molar refractivity (Wildman–Crippen MR) is 296 cm³/mol. The largest absolute Gasteiger partial charge is 2.00 e. The Morgan fingerprint density at radius 1 is 0.356 bits per heavy atom. The second-order valence-corrected chi connectivity index (χ2v) is 18.8. The summed E-state index contributed by atoms with van der Waals surface area (Å²) in [5.74, 6) is 0.573. The van der Waals surface area contributed by atoms with Crippen molar-refractivity contribution in [1.82, 2.24) is 19.9 Å². The van der Waals surface area contributed by atoms with Gasteiger partial charge in [0.2, 0.25) is 0 Å². The number of aromatic nitrogens is 4. The summed E-state index contributed by atoms with van der Waals surface area (Å²) in [7, 11) is -1.98. The summed E-state index contributed by atoms with van der Waals surface area (Å²) in [6, 6.07) is 72.5. The molecule has 0 saturated carbocycles. The maximum Gasteiger partial charge on any atom is 2.00 e. The molecular formula is C64H39N4O3PZn. The van der Waals surface area contributed by atoms with Gasteiger partial charge in [-0.3, -0.25) is 0 Å². The van der Waals surface area contributed by atoms with Crippen LogP contribution in [0.15, 0.2) is 221 Å². The Kier molecular flexibility index (Phi) is 11.1. The first kappa shape index (κ1) is 44.2. The standard InChI is InChI=1S/C64H39N4O3P.Zn/c1-4-17-42(18-5-1)59-49-29-31-51(65-49)60(43-19-6-2-7-20-43)53-33-35-55(67-53)62(56-36-34-54(68-56)61(44-21-8-3-9-22-44)52-32-30-50(59)66-52)45-23-14-24-46(39-45)69-72-70-57-37-27-40-15-10-12-25-47(40)63(57)64-48-26-13-11-16-41(48)28-38-58(64)71-72;/h1-39H;/q-2;+2. The number of hydrogen-bond donors (Lipinski definition) is 0. The van der Waals surface area contributed by atoms with Crippen LogP contribution in [0.2, 0.25) is 0 Å². The van der Waals surface area contributed by atoms with Crippen molar-refractivity contribution in [2.24, 2.45) is 0 Å². The number of rotatable bonds is 6. The van der Waals surface area contributed by atoms with Gasteiger partial charge in [0.05, 0.1) is 22.8 Å². The van der Waals surface area contributed by atoms with Gasteiger partial charge in [-0.1, -0.05) is 188 Å². The minimum Gasteiger partial charge on any atom is -0.657 e.